The van der Waals surface area contributed by atoms with Crippen molar-refractivity contribution in [3.8, 4) is 0 Å². The van der Waals surface area contributed by atoms with Crippen LogP contribution in [-0.4, -0.2) is 23.8 Å². The highest BCUT2D eigenvalue weighted by Crippen LogP contribution is 2.30. The molecule has 0 bridgehead atoms. The number of rotatable bonds is 10. The highest BCUT2D eigenvalue weighted by molar-refractivity contribution is 5.80. The minimum Gasteiger partial charge on any atom is -0.467 e. The maximum absolute atomic E-state index is 12.3. The van der Waals surface area contributed by atoms with Crippen molar-refractivity contribution >= 4 is 12.0 Å². The molecule has 0 unspecified atom stereocenters. The molecule has 0 saturated carbocycles. The van der Waals surface area contributed by atoms with Crippen molar-refractivity contribution < 1.29 is 14.6 Å². The molecule has 1 aromatic carbocycles. The van der Waals surface area contributed by atoms with E-state index in [9.17, 15) is 9.90 Å². The van der Waals surface area contributed by atoms with Crippen LogP contribution >= 0.6 is 0 Å². The van der Waals surface area contributed by atoms with Gasteiger partial charge in [0.25, 0.3) is 0 Å². The molecule has 1 rings (SSSR count). The maximum atomic E-state index is 12.3. The van der Waals surface area contributed by atoms with Crippen LogP contribution in [-0.2, 0) is 9.53 Å². The lowest BCUT2D eigenvalue weighted by Gasteiger charge is -2.31. The lowest BCUT2D eigenvalue weighted by atomic mass is 9.80. The molecule has 3 heteroatoms. The first-order valence-corrected chi connectivity index (χ1v) is 8.73. The minimum absolute atomic E-state index is 0.232. The van der Waals surface area contributed by atoms with Gasteiger partial charge in [-0.15, -0.1) is 0 Å². The SMILES string of the molecule is C/C=C/[C@@H](CCCCC)[C@@](O)(C/C=C/c1ccccc1)C(=O)OC. The second-order valence-corrected chi connectivity index (χ2v) is 6.06. The highest BCUT2D eigenvalue weighted by atomic mass is 16.5. The third kappa shape index (κ3) is 5.97. The van der Waals surface area contributed by atoms with Gasteiger partial charge in [0.1, 0.15) is 0 Å². The topological polar surface area (TPSA) is 46.5 Å². The van der Waals surface area contributed by atoms with Crippen LogP contribution < -0.4 is 0 Å². The molecule has 0 aliphatic carbocycles. The molecular weight excluding hydrogens is 300 g/mol. The zero-order valence-corrected chi connectivity index (χ0v) is 15.1. The van der Waals surface area contributed by atoms with E-state index in [0.29, 0.717) is 0 Å². The van der Waals surface area contributed by atoms with E-state index in [0.717, 1.165) is 31.2 Å². The maximum Gasteiger partial charge on any atom is 0.338 e. The number of allylic oxidation sites excluding steroid dienone is 1. The van der Waals surface area contributed by atoms with Crippen molar-refractivity contribution in [2.45, 2.75) is 51.6 Å². The van der Waals surface area contributed by atoms with Crippen LogP contribution in [0.5, 0.6) is 0 Å². The summed E-state index contributed by atoms with van der Waals surface area (Å²) in [6, 6.07) is 9.84. The van der Waals surface area contributed by atoms with Gasteiger partial charge >= 0.3 is 5.97 Å². The van der Waals surface area contributed by atoms with Crippen molar-refractivity contribution in [2.75, 3.05) is 7.11 Å². The molecular formula is C21H30O3. The van der Waals surface area contributed by atoms with Crippen LogP contribution in [0.15, 0.2) is 48.6 Å². The molecule has 0 aliphatic heterocycles. The van der Waals surface area contributed by atoms with E-state index in [2.05, 4.69) is 6.92 Å². The lowest BCUT2D eigenvalue weighted by molar-refractivity contribution is -0.166. The molecule has 0 aromatic heterocycles. The number of aliphatic hydroxyl groups is 1. The molecule has 3 nitrogen and oxygen atoms in total. The van der Waals surface area contributed by atoms with E-state index in [1.807, 2.05) is 61.6 Å². The largest absolute Gasteiger partial charge is 0.467 e. The zero-order chi connectivity index (χ0) is 17.8. The van der Waals surface area contributed by atoms with E-state index in [4.69, 9.17) is 4.74 Å². The fourth-order valence-corrected chi connectivity index (χ4v) is 2.84. The summed E-state index contributed by atoms with van der Waals surface area (Å²) >= 11 is 0. The Kier molecular flexibility index (Phi) is 9.10. The predicted octanol–water partition coefficient (Wildman–Crippen LogP) is 4.77. The standard InChI is InChI=1S/C21H30O3/c1-4-6-8-16-19(12-5-2)21(23,20(22)24-3)17-11-15-18-13-9-7-10-14-18/h5,7,9-15,19,23H,4,6,8,16-17H2,1-3H3/b12-5+,15-11+/t19-,21-/m0/s1. The van der Waals surface area contributed by atoms with Gasteiger partial charge in [0.15, 0.2) is 5.60 Å². The van der Waals surface area contributed by atoms with Gasteiger partial charge in [-0.25, -0.2) is 4.79 Å². The van der Waals surface area contributed by atoms with E-state index in [-0.39, 0.29) is 12.3 Å². The molecule has 0 heterocycles. The van der Waals surface area contributed by atoms with Gasteiger partial charge in [0.2, 0.25) is 0 Å². The Balaban J connectivity index is 2.93. The number of ether oxygens (including phenoxy) is 1. The molecule has 132 valence electrons. The number of carbonyl (C=O) groups is 1. The van der Waals surface area contributed by atoms with Gasteiger partial charge in [-0.1, -0.05) is 80.8 Å². The number of hydrogen-bond acceptors (Lipinski definition) is 3. The van der Waals surface area contributed by atoms with Crippen LogP contribution in [0, 0.1) is 5.92 Å². The van der Waals surface area contributed by atoms with Gasteiger partial charge in [-0.05, 0) is 18.9 Å². The third-order valence-corrected chi connectivity index (χ3v) is 4.23. The van der Waals surface area contributed by atoms with Crippen LogP contribution in [0.25, 0.3) is 6.08 Å². The number of benzene rings is 1. The molecule has 0 aliphatic rings. The fourth-order valence-electron chi connectivity index (χ4n) is 2.84. The Morgan fingerprint density at radius 2 is 2.00 bits per heavy atom. The number of methoxy groups -OCH3 is 1. The smallest absolute Gasteiger partial charge is 0.338 e. The van der Waals surface area contributed by atoms with Gasteiger partial charge in [-0.3, -0.25) is 0 Å². The van der Waals surface area contributed by atoms with Crippen molar-refractivity contribution in [1.29, 1.82) is 0 Å². The molecule has 2 atom stereocenters. The second-order valence-electron chi connectivity index (χ2n) is 6.06. The molecule has 0 radical (unpaired) electrons. The normalized spacial score (nSPS) is 15.5. The first kappa shape index (κ1) is 20.2. The number of hydrogen-bond donors (Lipinski definition) is 1. The van der Waals surface area contributed by atoms with Crippen LogP contribution in [0.1, 0.15) is 51.5 Å². The van der Waals surface area contributed by atoms with Crippen LogP contribution in [0.2, 0.25) is 0 Å². The Hall–Kier alpha value is -1.87. The third-order valence-electron chi connectivity index (χ3n) is 4.23. The quantitative estimate of drug-likeness (QED) is 0.382. The van der Waals surface area contributed by atoms with Crippen LogP contribution in [0.4, 0.5) is 0 Å². The van der Waals surface area contributed by atoms with E-state index < -0.39 is 11.6 Å². The predicted molar refractivity (Wildman–Crippen MR) is 99.5 cm³/mol. The summed E-state index contributed by atoms with van der Waals surface area (Å²) in [7, 11) is 1.33. The number of unbranched alkanes of at least 4 members (excludes halogenated alkanes) is 2. The zero-order valence-electron chi connectivity index (χ0n) is 15.1. The monoisotopic (exact) mass is 330 g/mol. The summed E-state index contributed by atoms with van der Waals surface area (Å²) in [4.78, 5) is 12.3. The van der Waals surface area contributed by atoms with Crippen molar-refractivity contribution in [3.05, 3.63) is 54.1 Å². The molecule has 0 fully saturated rings. The van der Waals surface area contributed by atoms with Gasteiger partial charge in [-0.2, -0.15) is 0 Å². The summed E-state index contributed by atoms with van der Waals surface area (Å²) in [5.74, 6) is -0.818. The Morgan fingerprint density at radius 1 is 1.29 bits per heavy atom. The van der Waals surface area contributed by atoms with Crippen molar-refractivity contribution in [3.63, 3.8) is 0 Å². The van der Waals surface area contributed by atoms with Gasteiger partial charge in [0.05, 0.1) is 7.11 Å². The van der Waals surface area contributed by atoms with E-state index >= 15 is 0 Å². The molecule has 1 N–H and O–H groups in total. The summed E-state index contributed by atoms with van der Waals surface area (Å²) < 4.78 is 4.90. The van der Waals surface area contributed by atoms with Crippen molar-refractivity contribution in [2.24, 2.45) is 5.92 Å². The first-order chi connectivity index (χ1) is 11.6. The van der Waals surface area contributed by atoms with E-state index in [1.165, 1.54) is 7.11 Å². The minimum atomic E-state index is -1.53. The van der Waals surface area contributed by atoms with Gasteiger partial charge < -0.3 is 9.84 Å². The second kappa shape index (κ2) is 10.8. The average molecular weight is 330 g/mol. The van der Waals surface area contributed by atoms with E-state index in [1.54, 1.807) is 0 Å². The summed E-state index contributed by atoms with van der Waals surface area (Å²) in [5, 5.41) is 11.1. The summed E-state index contributed by atoms with van der Waals surface area (Å²) in [5.41, 5.74) is -0.487. The van der Waals surface area contributed by atoms with Gasteiger partial charge in [0, 0.05) is 12.3 Å². The Bertz CT molecular complexity index is 533. The molecule has 0 spiro atoms. The summed E-state index contributed by atoms with van der Waals surface area (Å²) in [6.45, 7) is 4.05. The molecule has 0 saturated heterocycles. The van der Waals surface area contributed by atoms with Crippen LogP contribution in [0.3, 0.4) is 0 Å². The molecule has 24 heavy (non-hydrogen) atoms. The lowest BCUT2D eigenvalue weighted by Crippen LogP contribution is -2.45. The number of esters is 1. The fraction of sp³-hybridized carbons (Fsp3) is 0.476. The Morgan fingerprint density at radius 3 is 2.58 bits per heavy atom. The molecule has 0 amide bonds. The average Bonchev–Trinajstić information content (AvgIpc) is 2.61. The highest BCUT2D eigenvalue weighted by Gasteiger charge is 2.42. The molecule has 1 aromatic rings. The Labute approximate surface area is 146 Å². The summed E-state index contributed by atoms with van der Waals surface area (Å²) in [6.07, 6.45) is 11.8. The number of carbonyl (C=O) groups excluding carboxylic acids is 1. The van der Waals surface area contributed by atoms with Crippen molar-refractivity contribution in [1.82, 2.24) is 0 Å². The first-order valence-electron chi connectivity index (χ1n) is 8.73.